The number of methoxy groups -OCH3 is 1. The molecule has 41 heavy (non-hydrogen) atoms. The maximum atomic E-state index is 13.4. The SMILES string of the molecule is COC1(C)CC(NC(=O)OC(C)(C)C)CCN(c2c(NC(=O)c3nc(Br)sc3NC(=O)OC(C)(C)C)cnn2C)C1. The second kappa shape index (κ2) is 12.5. The number of anilines is 3. The van der Waals surface area contributed by atoms with E-state index in [4.69, 9.17) is 14.2 Å². The van der Waals surface area contributed by atoms with Gasteiger partial charge in [0.15, 0.2) is 15.4 Å². The van der Waals surface area contributed by atoms with Crippen molar-refractivity contribution in [2.45, 2.75) is 84.2 Å². The molecule has 0 aliphatic carbocycles. The summed E-state index contributed by atoms with van der Waals surface area (Å²) < 4.78 is 18.8. The number of carbonyl (C=O) groups is 3. The van der Waals surface area contributed by atoms with E-state index < -0.39 is 34.9 Å². The van der Waals surface area contributed by atoms with E-state index in [1.54, 1.807) is 45.8 Å². The highest BCUT2D eigenvalue weighted by molar-refractivity contribution is 9.11. The van der Waals surface area contributed by atoms with Gasteiger partial charge in [-0.2, -0.15) is 5.10 Å². The molecule has 2 atom stereocenters. The summed E-state index contributed by atoms with van der Waals surface area (Å²) in [5.41, 5.74) is -1.44. The van der Waals surface area contributed by atoms with Gasteiger partial charge in [-0.3, -0.25) is 14.8 Å². The quantitative estimate of drug-likeness (QED) is 0.384. The van der Waals surface area contributed by atoms with Gasteiger partial charge in [0.05, 0.1) is 11.8 Å². The second-order valence-electron chi connectivity index (χ2n) is 12.1. The third kappa shape index (κ3) is 9.30. The predicted molar refractivity (Wildman–Crippen MR) is 161 cm³/mol. The summed E-state index contributed by atoms with van der Waals surface area (Å²) in [5, 5.41) is 13.1. The van der Waals surface area contributed by atoms with Crippen LogP contribution < -0.4 is 20.9 Å². The fraction of sp³-hybridized carbons (Fsp3) is 0.654. The summed E-state index contributed by atoms with van der Waals surface area (Å²) >= 11 is 4.39. The zero-order chi connectivity index (χ0) is 30.8. The molecular weight excluding hydrogens is 618 g/mol. The van der Waals surface area contributed by atoms with Crippen LogP contribution in [0.4, 0.5) is 26.1 Å². The van der Waals surface area contributed by atoms with Crippen LogP contribution in [-0.2, 0) is 21.3 Å². The lowest BCUT2D eigenvalue weighted by molar-refractivity contribution is -0.0000186. The minimum absolute atomic E-state index is 0.0294. The first-order valence-corrected chi connectivity index (χ1v) is 14.8. The molecule has 2 aromatic rings. The fourth-order valence-electron chi connectivity index (χ4n) is 4.41. The minimum Gasteiger partial charge on any atom is -0.444 e. The Hall–Kier alpha value is -2.91. The minimum atomic E-state index is -0.704. The molecule has 3 N–H and O–H groups in total. The number of halogens is 1. The molecule has 1 aliphatic rings. The second-order valence-corrected chi connectivity index (χ2v) is 14.4. The van der Waals surface area contributed by atoms with Crippen LogP contribution in [0, 0.1) is 0 Å². The first kappa shape index (κ1) is 32.6. The summed E-state index contributed by atoms with van der Waals surface area (Å²) in [4.78, 5) is 44.5. The molecule has 3 amide bonds. The smallest absolute Gasteiger partial charge is 0.412 e. The molecule has 2 aromatic heterocycles. The molecule has 1 aliphatic heterocycles. The first-order valence-electron chi connectivity index (χ1n) is 13.2. The van der Waals surface area contributed by atoms with Crippen LogP contribution >= 0.6 is 27.3 Å². The van der Waals surface area contributed by atoms with Gasteiger partial charge < -0.3 is 29.7 Å². The molecule has 3 heterocycles. The highest BCUT2D eigenvalue weighted by atomic mass is 79.9. The molecule has 13 nitrogen and oxygen atoms in total. The van der Waals surface area contributed by atoms with Crippen LogP contribution in [0.2, 0.25) is 0 Å². The van der Waals surface area contributed by atoms with Crippen molar-refractivity contribution in [1.82, 2.24) is 20.1 Å². The highest BCUT2D eigenvalue weighted by Crippen LogP contribution is 2.34. The zero-order valence-electron chi connectivity index (χ0n) is 25.0. The van der Waals surface area contributed by atoms with Gasteiger partial charge >= 0.3 is 12.2 Å². The van der Waals surface area contributed by atoms with Crippen molar-refractivity contribution >= 4 is 61.9 Å². The number of aryl methyl sites for hydroxylation is 1. The average Bonchev–Trinajstić information content (AvgIpc) is 3.29. The normalized spacial score (nSPS) is 19.8. The van der Waals surface area contributed by atoms with Crippen LogP contribution in [0.3, 0.4) is 0 Å². The standard InChI is InChI=1S/C26H40BrN7O6S/c1-24(2,3)39-22(36)29-15-10-11-34(14-26(7,12-15)38-9)20-16(13-28-33(20)8)30-18(35)17-19(41-21(27)31-17)32-23(37)40-25(4,5)6/h13,15H,10-12,14H2,1-9H3,(H,29,36)(H,30,35)(H,32,37). The lowest BCUT2D eigenvalue weighted by atomic mass is 9.96. The first-order chi connectivity index (χ1) is 18.9. The summed E-state index contributed by atoms with van der Waals surface area (Å²) in [7, 11) is 3.42. The van der Waals surface area contributed by atoms with Gasteiger partial charge in [0.2, 0.25) is 0 Å². The van der Waals surface area contributed by atoms with Gasteiger partial charge in [0, 0.05) is 33.3 Å². The zero-order valence-corrected chi connectivity index (χ0v) is 27.4. The lowest BCUT2D eigenvalue weighted by Crippen LogP contribution is -2.45. The highest BCUT2D eigenvalue weighted by Gasteiger charge is 2.37. The van der Waals surface area contributed by atoms with Crippen molar-refractivity contribution in [2.75, 3.05) is 35.7 Å². The van der Waals surface area contributed by atoms with E-state index in [1.807, 2.05) is 27.7 Å². The van der Waals surface area contributed by atoms with E-state index >= 15 is 0 Å². The number of amides is 3. The third-order valence-electron chi connectivity index (χ3n) is 6.05. The van der Waals surface area contributed by atoms with E-state index in [0.717, 1.165) is 11.3 Å². The Balaban J connectivity index is 1.80. The van der Waals surface area contributed by atoms with Crippen molar-refractivity contribution in [3.63, 3.8) is 0 Å². The van der Waals surface area contributed by atoms with Crippen LogP contribution in [-0.4, -0.2) is 75.9 Å². The molecule has 0 aromatic carbocycles. The molecule has 1 fully saturated rings. The molecule has 3 rings (SSSR count). The van der Waals surface area contributed by atoms with Crippen molar-refractivity contribution < 1.29 is 28.6 Å². The van der Waals surface area contributed by atoms with E-state index in [9.17, 15) is 14.4 Å². The Bertz CT molecular complexity index is 1270. The molecule has 0 bridgehead atoms. The number of rotatable bonds is 6. The number of ether oxygens (including phenoxy) is 3. The van der Waals surface area contributed by atoms with Crippen LogP contribution in [0.25, 0.3) is 0 Å². The van der Waals surface area contributed by atoms with E-state index in [2.05, 4.69) is 46.9 Å². The maximum absolute atomic E-state index is 13.4. The molecule has 0 saturated carbocycles. The fourth-order valence-corrected chi connectivity index (χ4v) is 5.75. The van der Waals surface area contributed by atoms with Gasteiger partial charge in [0.1, 0.15) is 21.9 Å². The number of carbonyl (C=O) groups excluding carboxylic acids is 3. The number of alkyl carbamates (subject to hydrolysis) is 1. The Labute approximate surface area is 252 Å². The van der Waals surface area contributed by atoms with Gasteiger partial charge in [-0.25, -0.2) is 14.6 Å². The van der Waals surface area contributed by atoms with Crippen LogP contribution in [0.5, 0.6) is 0 Å². The molecule has 1 saturated heterocycles. The Morgan fingerprint density at radius 1 is 1.10 bits per heavy atom. The third-order valence-corrected chi connectivity index (χ3v) is 7.47. The number of nitrogens with zero attached hydrogens (tertiary/aromatic N) is 4. The summed E-state index contributed by atoms with van der Waals surface area (Å²) in [6, 6.07) is -0.195. The van der Waals surface area contributed by atoms with Crippen LogP contribution in [0.1, 0.15) is 71.8 Å². The molecule has 228 valence electrons. The van der Waals surface area contributed by atoms with Crippen molar-refractivity contribution in [1.29, 1.82) is 0 Å². The van der Waals surface area contributed by atoms with Gasteiger partial charge in [-0.15, -0.1) is 0 Å². The van der Waals surface area contributed by atoms with Gasteiger partial charge in [-0.1, -0.05) is 11.3 Å². The number of thiazole rings is 1. The van der Waals surface area contributed by atoms with Crippen molar-refractivity contribution in [3.8, 4) is 0 Å². The number of hydrogen-bond acceptors (Lipinski definition) is 10. The Morgan fingerprint density at radius 2 is 1.73 bits per heavy atom. The molecular formula is C26H40BrN7O6S. The van der Waals surface area contributed by atoms with Gasteiger partial charge in [-0.05, 0) is 77.2 Å². The maximum Gasteiger partial charge on any atom is 0.412 e. The van der Waals surface area contributed by atoms with Crippen LogP contribution in [0.15, 0.2) is 10.1 Å². The summed E-state index contributed by atoms with van der Waals surface area (Å²) in [5.74, 6) is 0.136. The average molecular weight is 659 g/mol. The number of nitrogens with one attached hydrogen (secondary N) is 3. The lowest BCUT2D eigenvalue weighted by Gasteiger charge is -2.34. The topological polar surface area (TPSA) is 149 Å². The number of hydrogen-bond donors (Lipinski definition) is 3. The van der Waals surface area contributed by atoms with E-state index in [-0.39, 0.29) is 16.7 Å². The molecule has 15 heteroatoms. The monoisotopic (exact) mass is 657 g/mol. The van der Waals surface area contributed by atoms with Crippen molar-refractivity contribution in [3.05, 3.63) is 15.8 Å². The van der Waals surface area contributed by atoms with E-state index in [0.29, 0.717) is 41.4 Å². The Morgan fingerprint density at radius 3 is 2.34 bits per heavy atom. The predicted octanol–water partition coefficient (Wildman–Crippen LogP) is 5.14. The van der Waals surface area contributed by atoms with Gasteiger partial charge in [0.25, 0.3) is 5.91 Å². The number of aromatic nitrogens is 3. The van der Waals surface area contributed by atoms with E-state index in [1.165, 1.54) is 0 Å². The molecule has 0 spiro atoms. The Kier molecular flexibility index (Phi) is 9.96. The molecule has 0 radical (unpaired) electrons. The molecule has 2 unspecified atom stereocenters. The largest absolute Gasteiger partial charge is 0.444 e. The van der Waals surface area contributed by atoms with Crippen molar-refractivity contribution in [2.24, 2.45) is 7.05 Å². The summed E-state index contributed by atoms with van der Waals surface area (Å²) in [6.07, 6.45) is 1.56. The summed E-state index contributed by atoms with van der Waals surface area (Å²) in [6.45, 7) is 13.7.